The van der Waals surface area contributed by atoms with E-state index >= 15 is 0 Å². The zero-order valence-corrected chi connectivity index (χ0v) is 15.7. The van der Waals surface area contributed by atoms with Gasteiger partial charge in [-0.3, -0.25) is 9.78 Å². The number of amides is 1. The third kappa shape index (κ3) is 4.36. The number of anilines is 2. The summed E-state index contributed by atoms with van der Waals surface area (Å²) in [5, 5.41) is 7.01. The molecule has 1 saturated heterocycles. The SMILES string of the molecule is O=C(CCc1nc(-c2ccncc2)no1)Nc1ccccc1N1CCCCC1. The van der Waals surface area contributed by atoms with Gasteiger partial charge in [0.25, 0.3) is 0 Å². The number of piperidine rings is 1. The van der Waals surface area contributed by atoms with Crippen LogP contribution in [0.15, 0.2) is 53.3 Å². The molecule has 3 aromatic rings. The van der Waals surface area contributed by atoms with E-state index in [2.05, 4.69) is 31.4 Å². The molecule has 7 heteroatoms. The number of nitrogens with one attached hydrogen (secondary N) is 1. The largest absolute Gasteiger partial charge is 0.370 e. The number of pyridine rings is 1. The summed E-state index contributed by atoms with van der Waals surface area (Å²) in [4.78, 5) is 23.1. The van der Waals surface area contributed by atoms with Gasteiger partial charge in [-0.15, -0.1) is 0 Å². The molecule has 7 nitrogen and oxygen atoms in total. The van der Waals surface area contributed by atoms with E-state index in [-0.39, 0.29) is 12.3 Å². The zero-order valence-electron chi connectivity index (χ0n) is 15.7. The third-order valence-corrected chi connectivity index (χ3v) is 4.85. The maximum Gasteiger partial charge on any atom is 0.227 e. The third-order valence-electron chi connectivity index (χ3n) is 4.85. The van der Waals surface area contributed by atoms with Gasteiger partial charge in [0.05, 0.1) is 11.4 Å². The minimum Gasteiger partial charge on any atom is -0.370 e. The van der Waals surface area contributed by atoms with Crippen molar-refractivity contribution in [2.24, 2.45) is 0 Å². The van der Waals surface area contributed by atoms with E-state index in [0.717, 1.165) is 30.0 Å². The number of nitrogens with zero attached hydrogens (tertiary/aromatic N) is 4. The van der Waals surface area contributed by atoms with Crippen LogP contribution in [0.25, 0.3) is 11.4 Å². The quantitative estimate of drug-likeness (QED) is 0.705. The van der Waals surface area contributed by atoms with Crippen LogP contribution >= 0.6 is 0 Å². The molecule has 3 heterocycles. The average molecular weight is 377 g/mol. The summed E-state index contributed by atoms with van der Waals surface area (Å²) < 4.78 is 5.27. The molecule has 1 aromatic carbocycles. The molecule has 1 aliphatic heterocycles. The van der Waals surface area contributed by atoms with E-state index < -0.39 is 0 Å². The molecular weight excluding hydrogens is 354 g/mol. The Balaban J connectivity index is 1.36. The molecule has 0 unspecified atom stereocenters. The second-order valence-electron chi connectivity index (χ2n) is 6.86. The van der Waals surface area contributed by atoms with Crippen LogP contribution in [0.5, 0.6) is 0 Å². The van der Waals surface area contributed by atoms with Crippen LogP contribution in [-0.2, 0) is 11.2 Å². The van der Waals surface area contributed by atoms with Crippen LogP contribution in [0.4, 0.5) is 11.4 Å². The molecule has 144 valence electrons. The maximum absolute atomic E-state index is 12.5. The number of aryl methyl sites for hydroxylation is 1. The summed E-state index contributed by atoms with van der Waals surface area (Å²) in [5.41, 5.74) is 2.79. The smallest absolute Gasteiger partial charge is 0.227 e. The molecule has 0 atom stereocenters. The van der Waals surface area contributed by atoms with Crippen LogP contribution in [0.1, 0.15) is 31.6 Å². The Kier molecular flexibility index (Phi) is 5.61. The molecule has 1 N–H and O–H groups in total. The van der Waals surface area contributed by atoms with Crippen LogP contribution in [0.3, 0.4) is 0 Å². The molecule has 2 aromatic heterocycles. The number of aromatic nitrogens is 3. The predicted molar refractivity (Wildman–Crippen MR) is 107 cm³/mol. The molecule has 0 bridgehead atoms. The van der Waals surface area contributed by atoms with Gasteiger partial charge in [0.2, 0.25) is 17.6 Å². The second-order valence-corrected chi connectivity index (χ2v) is 6.86. The summed E-state index contributed by atoms with van der Waals surface area (Å²) >= 11 is 0. The fourth-order valence-corrected chi connectivity index (χ4v) is 3.40. The molecule has 1 fully saturated rings. The Labute approximate surface area is 163 Å². The number of hydrogen-bond acceptors (Lipinski definition) is 6. The monoisotopic (exact) mass is 377 g/mol. The minimum absolute atomic E-state index is 0.0619. The first-order valence-electron chi connectivity index (χ1n) is 9.66. The van der Waals surface area contributed by atoms with E-state index in [1.165, 1.54) is 19.3 Å². The Hall–Kier alpha value is -3.22. The fourth-order valence-electron chi connectivity index (χ4n) is 3.40. The first-order chi connectivity index (χ1) is 13.8. The molecular formula is C21H23N5O2. The average Bonchev–Trinajstić information content (AvgIpc) is 3.23. The van der Waals surface area contributed by atoms with Crippen LogP contribution < -0.4 is 10.2 Å². The van der Waals surface area contributed by atoms with Gasteiger partial charge in [0.1, 0.15) is 0 Å². The van der Waals surface area contributed by atoms with Crippen LogP contribution in [0, 0.1) is 0 Å². The lowest BCUT2D eigenvalue weighted by atomic mass is 10.1. The molecule has 0 aliphatic carbocycles. The highest BCUT2D eigenvalue weighted by Crippen LogP contribution is 2.28. The summed E-state index contributed by atoms with van der Waals surface area (Å²) in [6.45, 7) is 2.07. The van der Waals surface area contributed by atoms with Crippen LogP contribution in [-0.4, -0.2) is 34.1 Å². The first-order valence-corrected chi connectivity index (χ1v) is 9.66. The molecule has 1 amide bonds. The van der Waals surface area contributed by atoms with Gasteiger partial charge in [0.15, 0.2) is 0 Å². The van der Waals surface area contributed by atoms with Crippen molar-refractivity contribution < 1.29 is 9.32 Å². The number of carbonyl (C=O) groups excluding carboxylic acids is 1. The second kappa shape index (κ2) is 8.65. The van der Waals surface area contributed by atoms with Crippen molar-refractivity contribution in [3.05, 3.63) is 54.7 Å². The molecule has 0 spiro atoms. The van der Waals surface area contributed by atoms with Gasteiger partial charge in [-0.05, 0) is 43.5 Å². The number of carbonyl (C=O) groups is 1. The Morgan fingerprint density at radius 2 is 1.86 bits per heavy atom. The lowest BCUT2D eigenvalue weighted by molar-refractivity contribution is -0.116. The Morgan fingerprint density at radius 3 is 2.68 bits per heavy atom. The van der Waals surface area contributed by atoms with E-state index in [9.17, 15) is 4.79 Å². The van der Waals surface area contributed by atoms with E-state index in [1.807, 2.05) is 30.3 Å². The van der Waals surface area contributed by atoms with Gasteiger partial charge >= 0.3 is 0 Å². The van der Waals surface area contributed by atoms with Gasteiger partial charge < -0.3 is 14.7 Å². The Morgan fingerprint density at radius 1 is 1.07 bits per heavy atom. The highest BCUT2D eigenvalue weighted by molar-refractivity contribution is 5.94. The summed E-state index contributed by atoms with van der Waals surface area (Å²) in [7, 11) is 0. The van der Waals surface area contributed by atoms with Crippen LogP contribution in [0.2, 0.25) is 0 Å². The van der Waals surface area contributed by atoms with Gasteiger partial charge in [-0.25, -0.2) is 0 Å². The molecule has 0 saturated carbocycles. The lowest BCUT2D eigenvalue weighted by Crippen LogP contribution is -2.30. The maximum atomic E-state index is 12.5. The predicted octanol–water partition coefficient (Wildman–Crippen LogP) is 3.69. The summed E-state index contributed by atoms with van der Waals surface area (Å²) in [6.07, 6.45) is 7.70. The van der Waals surface area contributed by atoms with Crippen molar-refractivity contribution in [3.63, 3.8) is 0 Å². The normalized spacial score (nSPS) is 14.1. The van der Waals surface area contributed by atoms with Crippen molar-refractivity contribution >= 4 is 17.3 Å². The zero-order chi connectivity index (χ0) is 19.2. The lowest BCUT2D eigenvalue weighted by Gasteiger charge is -2.30. The van der Waals surface area contributed by atoms with Crippen molar-refractivity contribution in [3.8, 4) is 11.4 Å². The van der Waals surface area contributed by atoms with Gasteiger partial charge in [-0.1, -0.05) is 17.3 Å². The molecule has 28 heavy (non-hydrogen) atoms. The number of rotatable bonds is 6. The summed E-state index contributed by atoms with van der Waals surface area (Å²) in [6, 6.07) is 11.6. The van der Waals surface area contributed by atoms with Crippen molar-refractivity contribution in [2.45, 2.75) is 32.1 Å². The minimum atomic E-state index is -0.0619. The highest BCUT2D eigenvalue weighted by Gasteiger charge is 2.16. The van der Waals surface area contributed by atoms with Crippen molar-refractivity contribution in [1.29, 1.82) is 0 Å². The number of benzene rings is 1. The van der Waals surface area contributed by atoms with Crippen molar-refractivity contribution in [2.75, 3.05) is 23.3 Å². The van der Waals surface area contributed by atoms with E-state index in [0.29, 0.717) is 18.1 Å². The van der Waals surface area contributed by atoms with Gasteiger partial charge in [0, 0.05) is 43.9 Å². The summed E-state index contributed by atoms with van der Waals surface area (Å²) in [5.74, 6) is 0.896. The molecule has 1 aliphatic rings. The standard InChI is InChI=1S/C21H23N5O2/c27-19(8-9-20-24-21(25-28-20)16-10-12-22-13-11-16)23-17-6-2-3-7-18(17)26-14-4-1-5-15-26/h2-3,6-7,10-13H,1,4-5,8-9,14-15H2,(H,23,27). The van der Waals surface area contributed by atoms with Gasteiger partial charge in [-0.2, -0.15) is 4.98 Å². The molecule has 0 radical (unpaired) electrons. The number of hydrogen-bond donors (Lipinski definition) is 1. The van der Waals surface area contributed by atoms with E-state index in [1.54, 1.807) is 12.4 Å². The fraction of sp³-hybridized carbons (Fsp3) is 0.333. The van der Waals surface area contributed by atoms with Crippen molar-refractivity contribution in [1.82, 2.24) is 15.1 Å². The molecule has 4 rings (SSSR count). The Bertz CT molecular complexity index is 919. The number of para-hydroxylation sites is 2. The topological polar surface area (TPSA) is 84.1 Å². The highest BCUT2D eigenvalue weighted by atomic mass is 16.5. The first kappa shape index (κ1) is 18.2. The van der Waals surface area contributed by atoms with E-state index in [4.69, 9.17) is 4.52 Å².